The lowest BCUT2D eigenvalue weighted by Crippen LogP contribution is -2.15. The van der Waals surface area contributed by atoms with Crippen molar-refractivity contribution in [3.8, 4) is 0 Å². The Morgan fingerprint density at radius 3 is 1.36 bits per heavy atom. The van der Waals surface area contributed by atoms with Crippen molar-refractivity contribution < 1.29 is 19.1 Å². The maximum atomic E-state index is 12.4. The van der Waals surface area contributed by atoms with Crippen LogP contribution in [-0.4, -0.2) is 35.1 Å². The Labute approximate surface area is 235 Å². The van der Waals surface area contributed by atoms with Gasteiger partial charge >= 0.3 is 11.9 Å². The molecule has 6 heteroatoms. The Morgan fingerprint density at radius 2 is 1.03 bits per heavy atom. The molecule has 0 unspecified atom stereocenters. The van der Waals surface area contributed by atoms with Gasteiger partial charge in [-0.15, -0.1) is 0 Å². The van der Waals surface area contributed by atoms with Crippen LogP contribution in [0.1, 0.15) is 112 Å². The molecule has 3 aromatic rings. The minimum atomic E-state index is -0.444. The number of hydrogen-bond acceptors (Lipinski definition) is 5. The summed E-state index contributed by atoms with van der Waals surface area (Å²) in [6, 6.07) is 16.3. The summed E-state index contributed by atoms with van der Waals surface area (Å²) in [7, 11) is 0. The Bertz CT molecular complexity index is 852. The fourth-order valence-corrected chi connectivity index (χ4v) is 3.68. The first-order valence-corrected chi connectivity index (χ1v) is 14.6. The molecule has 6 nitrogen and oxygen atoms in total. The summed E-state index contributed by atoms with van der Waals surface area (Å²) in [5.41, 5.74) is 0.586. The second kappa shape index (κ2) is 24.9. The van der Waals surface area contributed by atoms with E-state index in [9.17, 15) is 9.59 Å². The highest BCUT2D eigenvalue weighted by atomic mass is 16.5. The highest BCUT2D eigenvalue weighted by Crippen LogP contribution is 2.14. The van der Waals surface area contributed by atoms with Crippen molar-refractivity contribution in [1.82, 2.24) is 9.97 Å². The number of aromatic amines is 1. The molecule has 39 heavy (non-hydrogen) atoms. The zero-order valence-electron chi connectivity index (χ0n) is 24.0. The molecule has 0 saturated carbocycles. The predicted octanol–water partition coefficient (Wildman–Crippen LogP) is 8.82. The molecule has 1 aromatic carbocycles. The third-order valence-corrected chi connectivity index (χ3v) is 5.89. The normalized spacial score (nSPS) is 9.90. The van der Waals surface area contributed by atoms with Crippen LogP contribution in [0, 0.1) is 0 Å². The first kappa shape index (κ1) is 33.6. The van der Waals surface area contributed by atoms with Crippen LogP contribution in [0.3, 0.4) is 0 Å². The van der Waals surface area contributed by atoms with E-state index >= 15 is 0 Å². The van der Waals surface area contributed by atoms with Crippen LogP contribution in [0.15, 0.2) is 79.4 Å². The van der Waals surface area contributed by atoms with Crippen LogP contribution < -0.4 is 0 Å². The van der Waals surface area contributed by atoms with E-state index < -0.39 is 11.9 Å². The summed E-state index contributed by atoms with van der Waals surface area (Å²) >= 11 is 0. The molecule has 0 amide bonds. The predicted molar refractivity (Wildman–Crippen MR) is 159 cm³/mol. The first-order valence-electron chi connectivity index (χ1n) is 14.6. The first-order chi connectivity index (χ1) is 19.2. The monoisotopic (exact) mass is 536 g/mol. The number of hydrogen-bond donors (Lipinski definition) is 1. The smallest absolute Gasteiger partial charge is 0.339 e. The minimum absolute atomic E-state index is 0.293. The second-order valence-electron chi connectivity index (χ2n) is 9.26. The molecule has 214 valence electrons. The molecule has 0 aliphatic rings. The number of unbranched alkanes of at least 4 members (excludes halogenated alkanes) is 10. The van der Waals surface area contributed by atoms with Crippen molar-refractivity contribution in [1.29, 1.82) is 0 Å². The van der Waals surface area contributed by atoms with Gasteiger partial charge in [-0.05, 0) is 49.2 Å². The zero-order valence-corrected chi connectivity index (χ0v) is 24.0. The molecule has 0 bridgehead atoms. The van der Waals surface area contributed by atoms with Crippen molar-refractivity contribution in [2.24, 2.45) is 0 Å². The summed E-state index contributed by atoms with van der Waals surface area (Å²) in [4.78, 5) is 31.3. The van der Waals surface area contributed by atoms with Crippen LogP contribution in [0.5, 0.6) is 0 Å². The fraction of sp³-hybridized carbons (Fsp3) is 0.485. The molecular weight excluding hydrogens is 488 g/mol. The third-order valence-electron chi connectivity index (χ3n) is 5.89. The number of pyridine rings is 1. The lowest BCUT2D eigenvalue weighted by Gasteiger charge is -2.10. The van der Waals surface area contributed by atoms with E-state index in [1.165, 1.54) is 51.4 Å². The lowest BCUT2D eigenvalue weighted by molar-refractivity contribution is 0.0450. The van der Waals surface area contributed by atoms with E-state index in [1.807, 2.05) is 42.7 Å². The molecule has 2 aromatic heterocycles. The maximum Gasteiger partial charge on any atom is 0.339 e. The number of benzene rings is 1. The average Bonchev–Trinajstić information content (AvgIpc) is 3.58. The number of ether oxygens (including phenoxy) is 2. The molecule has 1 N–H and O–H groups in total. The van der Waals surface area contributed by atoms with E-state index in [4.69, 9.17) is 9.47 Å². The van der Waals surface area contributed by atoms with Crippen molar-refractivity contribution in [2.45, 2.75) is 90.9 Å². The molecule has 0 aliphatic carbocycles. The van der Waals surface area contributed by atoms with E-state index in [-0.39, 0.29) is 0 Å². The number of carbonyl (C=O) groups is 2. The third kappa shape index (κ3) is 18.5. The molecule has 0 radical (unpaired) electrons. The number of aromatic nitrogens is 2. The minimum Gasteiger partial charge on any atom is -0.462 e. The van der Waals surface area contributed by atoms with Gasteiger partial charge < -0.3 is 14.5 Å². The van der Waals surface area contributed by atoms with E-state index in [1.54, 1.807) is 36.7 Å². The van der Waals surface area contributed by atoms with Gasteiger partial charge in [0.1, 0.15) is 0 Å². The Balaban J connectivity index is 0.000000560. The van der Waals surface area contributed by atoms with Gasteiger partial charge in [0.15, 0.2) is 0 Å². The van der Waals surface area contributed by atoms with Crippen molar-refractivity contribution >= 4 is 11.9 Å². The van der Waals surface area contributed by atoms with Gasteiger partial charge in [0.2, 0.25) is 0 Å². The summed E-state index contributed by atoms with van der Waals surface area (Å²) in [5, 5.41) is 0. The second-order valence-corrected chi connectivity index (χ2v) is 9.26. The molecule has 0 spiro atoms. The average molecular weight is 537 g/mol. The van der Waals surface area contributed by atoms with Gasteiger partial charge in [-0.3, -0.25) is 4.98 Å². The standard InChI is InChI=1S/C24H38O4.C5H5N.C4H5N/c1-3-5-7-9-11-15-19-27-23(25)21-17-13-14-18-22(21)24(26)28-20-16-12-10-8-6-4-2;1-2-4-6-5-3-1;1-2-4-5-3-1/h13-14,17-18H,3-12,15-16,19-20H2,1-2H3;1-5H;1-5H. The van der Waals surface area contributed by atoms with E-state index in [0.717, 1.165) is 25.7 Å². The highest BCUT2D eigenvalue weighted by Gasteiger charge is 2.18. The highest BCUT2D eigenvalue weighted by molar-refractivity contribution is 6.03. The number of esters is 2. The topological polar surface area (TPSA) is 81.3 Å². The largest absolute Gasteiger partial charge is 0.462 e. The Morgan fingerprint density at radius 1 is 0.590 bits per heavy atom. The number of rotatable bonds is 16. The van der Waals surface area contributed by atoms with Crippen LogP contribution in [0.25, 0.3) is 0 Å². The van der Waals surface area contributed by atoms with Gasteiger partial charge in [0, 0.05) is 24.8 Å². The zero-order chi connectivity index (χ0) is 28.2. The van der Waals surface area contributed by atoms with Gasteiger partial charge in [-0.1, -0.05) is 96.3 Å². The summed E-state index contributed by atoms with van der Waals surface area (Å²) in [6.45, 7) is 5.17. The van der Waals surface area contributed by atoms with Crippen molar-refractivity contribution in [3.05, 3.63) is 90.5 Å². The number of H-pyrrole nitrogens is 1. The summed E-state index contributed by atoms with van der Waals surface area (Å²) in [5.74, 6) is -0.888. The molecular formula is C33H48N2O4. The molecule has 0 atom stereocenters. The van der Waals surface area contributed by atoms with E-state index in [0.29, 0.717) is 24.3 Å². The quantitative estimate of drug-likeness (QED) is 0.146. The maximum absolute atomic E-state index is 12.4. The van der Waals surface area contributed by atoms with Crippen LogP contribution >= 0.6 is 0 Å². The lowest BCUT2D eigenvalue weighted by atomic mass is 10.1. The molecule has 2 heterocycles. The van der Waals surface area contributed by atoms with E-state index in [2.05, 4.69) is 23.8 Å². The fourth-order valence-electron chi connectivity index (χ4n) is 3.68. The van der Waals surface area contributed by atoms with Crippen molar-refractivity contribution in [3.63, 3.8) is 0 Å². The SMILES string of the molecule is CCCCCCCCOC(=O)c1ccccc1C(=O)OCCCCCCCC.c1cc[nH]c1.c1ccncc1. The van der Waals surface area contributed by atoms with Crippen molar-refractivity contribution in [2.75, 3.05) is 13.2 Å². The number of nitrogens with zero attached hydrogens (tertiary/aromatic N) is 1. The Kier molecular flexibility index (Phi) is 21.5. The van der Waals surface area contributed by atoms with Crippen LogP contribution in [-0.2, 0) is 9.47 Å². The number of carbonyl (C=O) groups excluding carboxylic acids is 2. The molecule has 0 aliphatic heterocycles. The summed E-state index contributed by atoms with van der Waals surface area (Å²) < 4.78 is 10.7. The van der Waals surface area contributed by atoms with Gasteiger partial charge in [0.05, 0.1) is 24.3 Å². The van der Waals surface area contributed by atoms with Gasteiger partial charge in [-0.25, -0.2) is 9.59 Å². The van der Waals surface area contributed by atoms with Crippen LogP contribution in [0.4, 0.5) is 0 Å². The molecule has 0 fully saturated rings. The number of nitrogens with one attached hydrogen (secondary N) is 1. The van der Waals surface area contributed by atoms with Gasteiger partial charge in [-0.2, -0.15) is 0 Å². The molecule has 3 rings (SSSR count). The molecule has 0 saturated heterocycles. The Hall–Kier alpha value is -3.41. The van der Waals surface area contributed by atoms with Gasteiger partial charge in [0.25, 0.3) is 0 Å². The summed E-state index contributed by atoms with van der Waals surface area (Å²) in [6.07, 6.45) is 20.9. The van der Waals surface area contributed by atoms with Crippen LogP contribution in [0.2, 0.25) is 0 Å².